The van der Waals surface area contributed by atoms with E-state index in [1.54, 1.807) is 0 Å². The number of hydrogen-bond acceptors (Lipinski definition) is 4. The van der Waals surface area contributed by atoms with Gasteiger partial charge in [0.05, 0.1) is 5.69 Å². The number of nitrogens with zero attached hydrogens (tertiary/aromatic N) is 4. The Kier molecular flexibility index (Phi) is 4.47. The van der Waals surface area contributed by atoms with Gasteiger partial charge in [-0.05, 0) is 27.8 Å². The van der Waals surface area contributed by atoms with Gasteiger partial charge in [-0.3, -0.25) is 9.58 Å². The van der Waals surface area contributed by atoms with E-state index < -0.39 is 0 Å². The molecule has 2 heterocycles. The fourth-order valence-electron chi connectivity index (χ4n) is 2.92. The van der Waals surface area contributed by atoms with Gasteiger partial charge in [0.15, 0.2) is 0 Å². The number of rotatable bonds is 4. The Hall–Kier alpha value is -1.07. The predicted octanol–water partition coefficient (Wildman–Crippen LogP) is 0.978. The van der Waals surface area contributed by atoms with Crippen LogP contribution in [0.1, 0.15) is 25.1 Å². The Balaban J connectivity index is 2.15. The minimum absolute atomic E-state index is 0.646. The van der Waals surface area contributed by atoms with Crippen molar-refractivity contribution in [1.82, 2.24) is 20.0 Å². The third-order valence-corrected chi connectivity index (χ3v) is 4.01. The van der Waals surface area contributed by atoms with Gasteiger partial charge in [0.25, 0.3) is 0 Å². The van der Waals surface area contributed by atoms with Crippen molar-refractivity contribution in [3.8, 4) is 0 Å². The van der Waals surface area contributed by atoms with Crippen molar-refractivity contribution in [2.75, 3.05) is 38.1 Å². The van der Waals surface area contributed by atoms with Gasteiger partial charge in [0.2, 0.25) is 0 Å². The molecule has 0 spiro atoms. The molecule has 1 saturated heterocycles. The van der Waals surface area contributed by atoms with Crippen LogP contribution >= 0.6 is 0 Å². The lowest BCUT2D eigenvalue weighted by atomic mass is 10.2. The zero-order chi connectivity index (χ0) is 14.0. The normalized spacial score (nSPS) is 17.5. The number of aromatic nitrogens is 2. The molecule has 0 radical (unpaired) electrons. The van der Waals surface area contributed by atoms with Crippen LogP contribution < -0.4 is 10.2 Å². The Bertz CT molecular complexity index is 416. The summed E-state index contributed by atoms with van der Waals surface area (Å²) < 4.78 is 2.03. The third-order valence-electron chi connectivity index (χ3n) is 4.01. The molecule has 108 valence electrons. The van der Waals surface area contributed by atoms with Crippen LogP contribution in [0.5, 0.6) is 0 Å². The molecular weight excluding hydrogens is 238 g/mol. The van der Waals surface area contributed by atoms with E-state index in [0.29, 0.717) is 6.04 Å². The fraction of sp³-hybridized carbons (Fsp3) is 0.786. The van der Waals surface area contributed by atoms with Gasteiger partial charge in [-0.25, -0.2) is 0 Å². The van der Waals surface area contributed by atoms with Crippen LogP contribution in [0.15, 0.2) is 0 Å². The summed E-state index contributed by atoms with van der Waals surface area (Å²) in [6.07, 6.45) is 0. The highest BCUT2D eigenvalue weighted by Gasteiger charge is 2.24. The Morgan fingerprint density at radius 3 is 2.37 bits per heavy atom. The topological polar surface area (TPSA) is 36.3 Å². The molecule has 5 nitrogen and oxygen atoms in total. The van der Waals surface area contributed by atoms with E-state index in [1.807, 2.05) is 11.7 Å². The van der Waals surface area contributed by atoms with E-state index in [-0.39, 0.29) is 0 Å². The first-order chi connectivity index (χ1) is 9.04. The summed E-state index contributed by atoms with van der Waals surface area (Å²) in [4.78, 5) is 5.02. The van der Waals surface area contributed by atoms with Crippen LogP contribution in [-0.2, 0) is 13.6 Å². The summed E-state index contributed by atoms with van der Waals surface area (Å²) in [6.45, 7) is 12.0. The van der Waals surface area contributed by atoms with Crippen LogP contribution in [-0.4, -0.2) is 53.9 Å². The number of piperazine rings is 1. The largest absolute Gasteiger partial charge is 0.354 e. The SMILES string of the molecule is CNCc1c(C)nn(C)c1N1CCN(C(C)C)CC1. The molecule has 0 amide bonds. The highest BCUT2D eigenvalue weighted by molar-refractivity contribution is 5.50. The second-order valence-corrected chi connectivity index (χ2v) is 5.66. The van der Waals surface area contributed by atoms with E-state index >= 15 is 0 Å². The smallest absolute Gasteiger partial charge is 0.131 e. The molecule has 19 heavy (non-hydrogen) atoms. The van der Waals surface area contributed by atoms with Gasteiger partial charge in [0, 0.05) is 51.4 Å². The van der Waals surface area contributed by atoms with Crippen molar-refractivity contribution in [2.45, 2.75) is 33.4 Å². The van der Waals surface area contributed by atoms with Gasteiger partial charge in [-0.2, -0.15) is 5.10 Å². The summed E-state index contributed by atoms with van der Waals surface area (Å²) in [5.41, 5.74) is 2.47. The maximum atomic E-state index is 4.58. The number of hydrogen-bond donors (Lipinski definition) is 1. The molecule has 1 fully saturated rings. The lowest BCUT2D eigenvalue weighted by Crippen LogP contribution is -2.49. The monoisotopic (exact) mass is 265 g/mol. The summed E-state index contributed by atoms with van der Waals surface area (Å²) in [5, 5.41) is 7.83. The molecule has 0 aliphatic carbocycles. The van der Waals surface area contributed by atoms with E-state index in [4.69, 9.17) is 0 Å². The molecule has 0 saturated carbocycles. The van der Waals surface area contributed by atoms with Gasteiger partial charge >= 0.3 is 0 Å². The Morgan fingerprint density at radius 1 is 1.21 bits per heavy atom. The lowest BCUT2D eigenvalue weighted by molar-refractivity contribution is 0.208. The third kappa shape index (κ3) is 2.92. The van der Waals surface area contributed by atoms with Crippen molar-refractivity contribution in [2.24, 2.45) is 7.05 Å². The van der Waals surface area contributed by atoms with Gasteiger partial charge in [-0.1, -0.05) is 0 Å². The molecule has 5 heteroatoms. The van der Waals surface area contributed by atoms with Crippen molar-refractivity contribution in [1.29, 1.82) is 0 Å². The highest BCUT2D eigenvalue weighted by atomic mass is 15.4. The standard InChI is InChI=1S/C14H27N5/c1-11(2)18-6-8-19(9-7-18)14-13(10-15-4)12(3)16-17(14)5/h11,15H,6-10H2,1-5H3. The number of nitrogens with one attached hydrogen (secondary N) is 1. The predicted molar refractivity (Wildman–Crippen MR) is 79.6 cm³/mol. The summed E-state index contributed by atoms with van der Waals surface area (Å²) in [7, 11) is 4.04. The average molecular weight is 265 g/mol. The van der Waals surface area contributed by atoms with Crippen molar-refractivity contribution < 1.29 is 0 Å². The number of anilines is 1. The first kappa shape index (κ1) is 14.3. The molecule has 0 unspecified atom stereocenters. The molecular formula is C14H27N5. The number of aryl methyl sites for hydroxylation is 2. The zero-order valence-corrected chi connectivity index (χ0v) is 12.9. The zero-order valence-electron chi connectivity index (χ0n) is 12.9. The summed E-state index contributed by atoms with van der Waals surface area (Å²) in [5.74, 6) is 1.29. The Labute approximate surface area is 116 Å². The molecule has 1 aromatic heterocycles. The van der Waals surface area contributed by atoms with Gasteiger partial charge in [0.1, 0.15) is 5.82 Å². The maximum absolute atomic E-state index is 4.58. The van der Waals surface area contributed by atoms with Crippen LogP contribution in [0.25, 0.3) is 0 Å². The quantitative estimate of drug-likeness (QED) is 0.880. The minimum Gasteiger partial charge on any atom is -0.354 e. The van der Waals surface area contributed by atoms with E-state index in [1.165, 1.54) is 11.4 Å². The Morgan fingerprint density at radius 2 is 1.84 bits per heavy atom. The van der Waals surface area contributed by atoms with Crippen LogP contribution in [0.3, 0.4) is 0 Å². The van der Waals surface area contributed by atoms with Crippen molar-refractivity contribution >= 4 is 5.82 Å². The molecule has 0 aromatic carbocycles. The van der Waals surface area contributed by atoms with Crippen molar-refractivity contribution in [3.05, 3.63) is 11.3 Å². The molecule has 2 rings (SSSR count). The van der Waals surface area contributed by atoms with Crippen molar-refractivity contribution in [3.63, 3.8) is 0 Å². The van der Waals surface area contributed by atoms with Gasteiger partial charge in [-0.15, -0.1) is 0 Å². The summed E-state index contributed by atoms with van der Waals surface area (Å²) in [6, 6.07) is 0.646. The molecule has 1 aliphatic heterocycles. The fourth-order valence-corrected chi connectivity index (χ4v) is 2.92. The minimum atomic E-state index is 0.646. The first-order valence-electron chi connectivity index (χ1n) is 7.20. The molecule has 0 atom stereocenters. The van der Waals surface area contributed by atoms with E-state index in [9.17, 15) is 0 Å². The highest BCUT2D eigenvalue weighted by Crippen LogP contribution is 2.24. The molecule has 0 bridgehead atoms. The molecule has 1 aliphatic rings. The average Bonchev–Trinajstić information content (AvgIpc) is 2.65. The molecule has 1 aromatic rings. The van der Waals surface area contributed by atoms with Crippen LogP contribution in [0.4, 0.5) is 5.82 Å². The van der Waals surface area contributed by atoms with Crippen LogP contribution in [0.2, 0.25) is 0 Å². The van der Waals surface area contributed by atoms with Crippen LogP contribution in [0, 0.1) is 6.92 Å². The second kappa shape index (κ2) is 5.92. The lowest BCUT2D eigenvalue weighted by Gasteiger charge is -2.38. The van der Waals surface area contributed by atoms with Gasteiger partial charge < -0.3 is 10.2 Å². The maximum Gasteiger partial charge on any atom is 0.131 e. The molecule has 1 N–H and O–H groups in total. The van der Waals surface area contributed by atoms with E-state index in [0.717, 1.165) is 38.4 Å². The van der Waals surface area contributed by atoms with E-state index in [2.05, 4.69) is 48.0 Å². The first-order valence-corrected chi connectivity index (χ1v) is 7.20. The second-order valence-electron chi connectivity index (χ2n) is 5.66. The summed E-state index contributed by atoms with van der Waals surface area (Å²) >= 11 is 0.